The Balaban J connectivity index is 2.01. The summed E-state index contributed by atoms with van der Waals surface area (Å²) in [7, 11) is 0. The fourth-order valence-electron chi connectivity index (χ4n) is 1.68. The smallest absolute Gasteiger partial charge is 0.261 e. The Bertz CT molecular complexity index is 735. The second kappa shape index (κ2) is 4.79. The summed E-state index contributed by atoms with van der Waals surface area (Å²) >= 11 is 4.95. The van der Waals surface area contributed by atoms with E-state index < -0.39 is 0 Å². The highest BCUT2D eigenvalue weighted by atomic mass is 79.9. The molecule has 1 aromatic carbocycles. The van der Waals surface area contributed by atoms with Crippen molar-refractivity contribution in [3.05, 3.63) is 39.7 Å². The molecule has 0 atom stereocenters. The summed E-state index contributed by atoms with van der Waals surface area (Å²) in [6.07, 6.45) is 0. The van der Waals surface area contributed by atoms with E-state index in [-0.39, 0.29) is 0 Å². The molecule has 3 rings (SSSR count). The molecule has 0 aliphatic carbocycles. The van der Waals surface area contributed by atoms with Crippen LogP contribution in [0.2, 0.25) is 0 Å². The van der Waals surface area contributed by atoms with Crippen LogP contribution in [0.3, 0.4) is 0 Å². The van der Waals surface area contributed by atoms with Gasteiger partial charge in [-0.1, -0.05) is 33.2 Å². The van der Waals surface area contributed by atoms with Crippen LogP contribution in [0.5, 0.6) is 0 Å². The molecule has 0 spiro atoms. The van der Waals surface area contributed by atoms with Crippen LogP contribution in [-0.2, 0) is 0 Å². The van der Waals surface area contributed by atoms with E-state index in [9.17, 15) is 0 Å². The fraction of sp³-hybridized carbons (Fsp3) is 0.0769. The number of hydrogen-bond acceptors (Lipinski definition) is 5. The largest absolute Gasteiger partial charge is 0.390 e. The molecule has 0 aliphatic heterocycles. The molecule has 96 valence electrons. The van der Waals surface area contributed by atoms with Crippen molar-refractivity contribution in [2.45, 2.75) is 6.92 Å². The minimum atomic E-state index is 0.449. The highest BCUT2D eigenvalue weighted by Crippen LogP contribution is 2.31. The van der Waals surface area contributed by atoms with Crippen LogP contribution < -0.4 is 5.73 Å². The molecule has 0 saturated heterocycles. The third-order valence-corrected chi connectivity index (χ3v) is 4.38. The van der Waals surface area contributed by atoms with Gasteiger partial charge >= 0.3 is 0 Å². The van der Waals surface area contributed by atoms with Gasteiger partial charge in [0.2, 0.25) is 5.82 Å². The van der Waals surface area contributed by atoms with E-state index in [4.69, 9.17) is 10.3 Å². The summed E-state index contributed by atoms with van der Waals surface area (Å²) < 4.78 is 6.28. The van der Waals surface area contributed by atoms with Gasteiger partial charge in [-0.3, -0.25) is 0 Å². The molecule has 4 nitrogen and oxygen atoms in total. The number of hydrogen-bond donors (Lipinski definition) is 1. The Morgan fingerprint density at radius 2 is 2.16 bits per heavy atom. The highest BCUT2D eigenvalue weighted by molar-refractivity contribution is 9.10. The van der Waals surface area contributed by atoms with Crippen LogP contribution in [0.1, 0.15) is 5.56 Å². The van der Waals surface area contributed by atoms with E-state index in [1.54, 1.807) is 0 Å². The monoisotopic (exact) mass is 335 g/mol. The van der Waals surface area contributed by atoms with Crippen molar-refractivity contribution in [3.63, 3.8) is 0 Å². The van der Waals surface area contributed by atoms with Crippen LogP contribution in [0.4, 0.5) is 5.00 Å². The average molecular weight is 336 g/mol. The fourth-order valence-corrected chi connectivity index (χ4v) is 2.69. The summed E-state index contributed by atoms with van der Waals surface area (Å²) in [5.41, 5.74) is 8.70. The van der Waals surface area contributed by atoms with E-state index in [0.717, 1.165) is 21.2 Å². The quantitative estimate of drug-likeness (QED) is 0.765. The first-order valence-electron chi connectivity index (χ1n) is 5.59. The zero-order valence-corrected chi connectivity index (χ0v) is 12.5. The minimum Gasteiger partial charge on any atom is -0.390 e. The Hall–Kier alpha value is -1.66. The van der Waals surface area contributed by atoms with E-state index in [0.29, 0.717) is 16.7 Å². The Kier molecular flexibility index (Phi) is 3.12. The zero-order chi connectivity index (χ0) is 13.4. The molecule has 2 N–H and O–H groups in total. The van der Waals surface area contributed by atoms with Crippen molar-refractivity contribution < 1.29 is 4.52 Å². The van der Waals surface area contributed by atoms with Crippen molar-refractivity contribution in [2.75, 3.05) is 5.73 Å². The standard InChI is InChI=1S/C13H10BrN3OS/c1-7-2-3-8(6-10(7)14)12-16-13(18-17-12)9-4-5-19-11(9)15/h2-6H,15H2,1H3. The molecule has 19 heavy (non-hydrogen) atoms. The van der Waals surface area contributed by atoms with Crippen molar-refractivity contribution in [1.29, 1.82) is 0 Å². The van der Waals surface area contributed by atoms with Crippen molar-refractivity contribution in [3.8, 4) is 22.8 Å². The van der Waals surface area contributed by atoms with Gasteiger partial charge in [0.1, 0.15) is 0 Å². The summed E-state index contributed by atoms with van der Waals surface area (Å²) in [6.45, 7) is 2.03. The third kappa shape index (κ3) is 2.29. The SMILES string of the molecule is Cc1ccc(-c2noc(-c3ccsc3N)n2)cc1Br. The first-order chi connectivity index (χ1) is 9.15. The molecule has 0 bridgehead atoms. The molecular weight excluding hydrogens is 326 g/mol. The van der Waals surface area contributed by atoms with Crippen molar-refractivity contribution in [2.24, 2.45) is 0 Å². The number of aromatic nitrogens is 2. The molecular formula is C13H10BrN3OS. The molecule has 0 amide bonds. The number of aryl methyl sites for hydroxylation is 1. The number of nitrogen functional groups attached to an aromatic ring is 1. The van der Waals surface area contributed by atoms with Gasteiger partial charge in [0.15, 0.2) is 0 Å². The molecule has 2 heterocycles. The Morgan fingerprint density at radius 3 is 2.84 bits per heavy atom. The number of benzene rings is 1. The minimum absolute atomic E-state index is 0.449. The lowest BCUT2D eigenvalue weighted by Crippen LogP contribution is -1.85. The third-order valence-electron chi connectivity index (χ3n) is 2.78. The predicted molar refractivity (Wildman–Crippen MR) is 79.9 cm³/mol. The lowest BCUT2D eigenvalue weighted by molar-refractivity contribution is 0.432. The molecule has 2 aromatic heterocycles. The number of rotatable bonds is 2. The number of halogens is 1. The van der Waals surface area contributed by atoms with Crippen LogP contribution >= 0.6 is 27.3 Å². The number of nitrogens with zero attached hydrogens (tertiary/aromatic N) is 2. The van der Waals surface area contributed by atoms with Crippen LogP contribution in [0.25, 0.3) is 22.8 Å². The first kappa shape index (κ1) is 12.4. The van der Waals surface area contributed by atoms with Gasteiger partial charge in [0.05, 0.1) is 10.6 Å². The second-order valence-electron chi connectivity index (χ2n) is 4.09. The highest BCUT2D eigenvalue weighted by Gasteiger charge is 2.14. The van der Waals surface area contributed by atoms with Gasteiger partial charge < -0.3 is 10.3 Å². The van der Waals surface area contributed by atoms with Gasteiger partial charge in [-0.25, -0.2) is 0 Å². The second-order valence-corrected chi connectivity index (χ2v) is 5.89. The van der Waals surface area contributed by atoms with Gasteiger partial charge in [-0.2, -0.15) is 4.98 Å². The number of anilines is 1. The maximum absolute atomic E-state index is 5.85. The Labute approximate surface area is 122 Å². The average Bonchev–Trinajstić information content (AvgIpc) is 3.01. The van der Waals surface area contributed by atoms with E-state index in [2.05, 4.69) is 26.1 Å². The molecule has 0 saturated carbocycles. The lowest BCUT2D eigenvalue weighted by Gasteiger charge is -1.99. The molecule has 0 aliphatic rings. The molecule has 0 fully saturated rings. The lowest BCUT2D eigenvalue weighted by atomic mass is 10.1. The van der Waals surface area contributed by atoms with Gasteiger partial charge in [-0.15, -0.1) is 11.3 Å². The Morgan fingerprint density at radius 1 is 1.32 bits per heavy atom. The van der Waals surface area contributed by atoms with Crippen molar-refractivity contribution >= 4 is 32.3 Å². The van der Waals surface area contributed by atoms with E-state index in [1.165, 1.54) is 11.3 Å². The van der Waals surface area contributed by atoms with Gasteiger partial charge in [-0.05, 0) is 30.0 Å². The maximum Gasteiger partial charge on any atom is 0.261 e. The van der Waals surface area contributed by atoms with Crippen molar-refractivity contribution in [1.82, 2.24) is 10.1 Å². The molecule has 6 heteroatoms. The van der Waals surface area contributed by atoms with Gasteiger partial charge in [0.25, 0.3) is 5.89 Å². The number of thiophene rings is 1. The van der Waals surface area contributed by atoms with E-state index in [1.807, 2.05) is 36.6 Å². The maximum atomic E-state index is 5.85. The molecule has 3 aromatic rings. The van der Waals surface area contributed by atoms with E-state index >= 15 is 0 Å². The first-order valence-corrected chi connectivity index (χ1v) is 7.26. The summed E-state index contributed by atoms with van der Waals surface area (Å²) in [4.78, 5) is 4.38. The normalized spacial score (nSPS) is 10.8. The zero-order valence-electron chi connectivity index (χ0n) is 10.1. The number of nitrogens with two attached hydrogens (primary N) is 1. The van der Waals surface area contributed by atoms with Crippen LogP contribution in [0.15, 0.2) is 38.6 Å². The van der Waals surface area contributed by atoms with Crippen LogP contribution in [-0.4, -0.2) is 10.1 Å². The van der Waals surface area contributed by atoms with Crippen LogP contribution in [0, 0.1) is 6.92 Å². The topological polar surface area (TPSA) is 64.9 Å². The molecule has 0 unspecified atom stereocenters. The predicted octanol–water partition coefficient (Wildman–Crippen LogP) is 4.12. The summed E-state index contributed by atoms with van der Waals surface area (Å²) in [5, 5.41) is 6.58. The summed E-state index contributed by atoms with van der Waals surface area (Å²) in [6, 6.07) is 7.82. The van der Waals surface area contributed by atoms with Gasteiger partial charge in [0, 0.05) is 10.0 Å². The molecule has 0 radical (unpaired) electrons. The summed E-state index contributed by atoms with van der Waals surface area (Å²) in [5.74, 6) is 1.01.